The Morgan fingerprint density at radius 1 is 1.12 bits per heavy atom. The predicted octanol–water partition coefficient (Wildman–Crippen LogP) is 2.26. The summed E-state index contributed by atoms with van der Waals surface area (Å²) in [6.07, 6.45) is 1.62. The molecule has 2 fully saturated rings. The number of rotatable bonds is 1. The third kappa shape index (κ3) is 1.69. The van der Waals surface area contributed by atoms with Gasteiger partial charge in [-0.3, -0.25) is 9.69 Å². The number of nitrogens with zero attached hydrogens (tertiary/aromatic N) is 1. The van der Waals surface area contributed by atoms with Crippen LogP contribution in [0.3, 0.4) is 0 Å². The van der Waals surface area contributed by atoms with Crippen molar-refractivity contribution in [3.8, 4) is 0 Å². The molecular weight excluding hydrogens is 218 g/mol. The summed E-state index contributed by atoms with van der Waals surface area (Å²) >= 11 is 0. The maximum atomic E-state index is 11.8. The Hall–Kier alpha value is -1.84. The molecule has 0 N–H and O–H groups in total. The number of esters is 1. The van der Waals surface area contributed by atoms with E-state index in [2.05, 4.69) is 0 Å². The van der Waals surface area contributed by atoms with Crippen molar-refractivity contribution in [2.75, 3.05) is 0 Å². The molecule has 88 valence electrons. The number of ether oxygens (including phenoxy) is 1. The lowest BCUT2D eigenvalue weighted by Gasteiger charge is -2.32. The Balaban J connectivity index is 1.90. The summed E-state index contributed by atoms with van der Waals surface area (Å²) in [5.74, 6) is -0.398. The summed E-state index contributed by atoms with van der Waals surface area (Å²) < 4.78 is 4.70. The molecule has 0 aromatic heterocycles. The van der Waals surface area contributed by atoms with E-state index in [9.17, 15) is 9.59 Å². The van der Waals surface area contributed by atoms with Gasteiger partial charge in [0.15, 0.2) is 0 Å². The van der Waals surface area contributed by atoms with Gasteiger partial charge in [0.1, 0.15) is 0 Å². The standard InChI is InChI=1S/C13H13NO3/c15-12-8-10-6-7-11(14(10)13(16)17-12)9-4-2-1-3-5-9/h1-5,10-11H,6-8H2/t10-,11-/m1/s1. The molecule has 0 saturated carbocycles. The van der Waals surface area contributed by atoms with Gasteiger partial charge in [0.2, 0.25) is 0 Å². The van der Waals surface area contributed by atoms with E-state index in [-0.39, 0.29) is 12.1 Å². The highest BCUT2D eigenvalue weighted by Gasteiger charge is 2.43. The molecule has 0 unspecified atom stereocenters. The normalized spacial score (nSPS) is 27.9. The lowest BCUT2D eigenvalue weighted by molar-refractivity contribution is -0.143. The van der Waals surface area contributed by atoms with Gasteiger partial charge >= 0.3 is 12.1 Å². The molecule has 1 aromatic carbocycles. The molecule has 0 radical (unpaired) electrons. The quantitative estimate of drug-likeness (QED) is 0.550. The number of carbonyl (C=O) groups excluding carboxylic acids is 2. The monoisotopic (exact) mass is 231 g/mol. The van der Waals surface area contributed by atoms with E-state index in [0.29, 0.717) is 6.42 Å². The Kier molecular flexibility index (Phi) is 2.35. The van der Waals surface area contributed by atoms with Crippen LogP contribution in [0.1, 0.15) is 30.9 Å². The summed E-state index contributed by atoms with van der Waals surface area (Å²) in [5.41, 5.74) is 1.11. The van der Waals surface area contributed by atoms with Gasteiger partial charge in [-0.05, 0) is 18.4 Å². The first-order valence-corrected chi connectivity index (χ1v) is 5.83. The number of amides is 1. The molecule has 17 heavy (non-hydrogen) atoms. The molecule has 2 atom stereocenters. The Morgan fingerprint density at radius 2 is 1.88 bits per heavy atom. The lowest BCUT2D eigenvalue weighted by Crippen LogP contribution is -2.44. The highest BCUT2D eigenvalue weighted by Crippen LogP contribution is 2.39. The molecule has 2 aliphatic rings. The fourth-order valence-corrected chi connectivity index (χ4v) is 2.75. The van der Waals surface area contributed by atoms with E-state index in [4.69, 9.17) is 4.74 Å². The third-order valence-electron chi connectivity index (χ3n) is 3.50. The van der Waals surface area contributed by atoms with Crippen LogP contribution in [0.15, 0.2) is 30.3 Å². The maximum absolute atomic E-state index is 11.8. The number of cyclic esters (lactones) is 2. The number of carbonyl (C=O) groups is 2. The molecule has 0 spiro atoms. The molecular formula is C13H13NO3. The summed E-state index contributed by atoms with van der Waals surface area (Å²) in [7, 11) is 0. The smallest absolute Gasteiger partial charge is 0.376 e. The topological polar surface area (TPSA) is 46.6 Å². The largest absolute Gasteiger partial charge is 0.418 e. The molecule has 2 aliphatic heterocycles. The number of hydrogen-bond donors (Lipinski definition) is 0. The zero-order valence-electron chi connectivity index (χ0n) is 9.33. The molecule has 2 heterocycles. The van der Waals surface area contributed by atoms with E-state index < -0.39 is 12.1 Å². The van der Waals surface area contributed by atoms with Crippen LogP contribution in [-0.4, -0.2) is 23.0 Å². The van der Waals surface area contributed by atoms with Crippen molar-refractivity contribution in [1.29, 1.82) is 0 Å². The lowest BCUT2D eigenvalue weighted by atomic mass is 10.1. The van der Waals surface area contributed by atoms with Gasteiger partial charge < -0.3 is 4.74 Å². The predicted molar refractivity (Wildman–Crippen MR) is 60.1 cm³/mol. The Morgan fingerprint density at radius 3 is 2.65 bits per heavy atom. The highest BCUT2D eigenvalue weighted by atomic mass is 16.6. The summed E-state index contributed by atoms with van der Waals surface area (Å²) in [6.45, 7) is 0. The van der Waals surface area contributed by atoms with Crippen LogP contribution in [0.2, 0.25) is 0 Å². The second-order valence-electron chi connectivity index (χ2n) is 4.51. The van der Waals surface area contributed by atoms with E-state index in [1.165, 1.54) is 0 Å². The second-order valence-corrected chi connectivity index (χ2v) is 4.51. The van der Waals surface area contributed by atoms with Crippen LogP contribution in [-0.2, 0) is 9.53 Å². The van der Waals surface area contributed by atoms with Crippen molar-refractivity contribution in [1.82, 2.24) is 4.90 Å². The van der Waals surface area contributed by atoms with E-state index >= 15 is 0 Å². The van der Waals surface area contributed by atoms with Gasteiger partial charge in [-0.2, -0.15) is 0 Å². The van der Waals surface area contributed by atoms with Gasteiger partial charge in [-0.15, -0.1) is 0 Å². The minimum absolute atomic E-state index is 0.0222. The first-order chi connectivity index (χ1) is 8.25. The molecule has 4 nitrogen and oxygen atoms in total. The summed E-state index contributed by atoms with van der Waals surface area (Å²) in [5, 5.41) is 0. The summed E-state index contributed by atoms with van der Waals surface area (Å²) in [6, 6.07) is 9.98. The fraction of sp³-hybridized carbons (Fsp3) is 0.385. The minimum Gasteiger partial charge on any atom is -0.376 e. The Bertz CT molecular complexity index is 457. The molecule has 0 aliphatic carbocycles. The van der Waals surface area contributed by atoms with Gasteiger partial charge in [0.05, 0.1) is 12.5 Å². The first kappa shape index (κ1) is 10.3. The number of benzene rings is 1. The van der Waals surface area contributed by atoms with Crippen LogP contribution >= 0.6 is 0 Å². The zero-order chi connectivity index (χ0) is 11.8. The average Bonchev–Trinajstić information content (AvgIpc) is 2.74. The molecule has 0 bridgehead atoms. The van der Waals surface area contributed by atoms with E-state index in [1.807, 2.05) is 30.3 Å². The van der Waals surface area contributed by atoms with Gasteiger partial charge in [0, 0.05) is 6.04 Å². The highest BCUT2D eigenvalue weighted by molar-refractivity contribution is 5.88. The molecule has 3 rings (SSSR count). The van der Waals surface area contributed by atoms with Crippen LogP contribution in [0.5, 0.6) is 0 Å². The average molecular weight is 231 g/mol. The van der Waals surface area contributed by atoms with Gasteiger partial charge in [-0.1, -0.05) is 30.3 Å². The Labute approximate surface area is 99.2 Å². The third-order valence-corrected chi connectivity index (χ3v) is 3.50. The van der Waals surface area contributed by atoms with Gasteiger partial charge in [-0.25, -0.2) is 4.79 Å². The van der Waals surface area contributed by atoms with Crippen molar-refractivity contribution in [2.45, 2.75) is 31.3 Å². The van der Waals surface area contributed by atoms with Crippen molar-refractivity contribution < 1.29 is 14.3 Å². The SMILES string of the molecule is O=C1C[C@H]2CC[C@H](c3ccccc3)N2C(=O)O1. The molecule has 2 saturated heterocycles. The van der Waals surface area contributed by atoms with E-state index in [0.717, 1.165) is 18.4 Å². The van der Waals surface area contributed by atoms with Crippen molar-refractivity contribution in [3.05, 3.63) is 35.9 Å². The van der Waals surface area contributed by atoms with Crippen LogP contribution in [0.25, 0.3) is 0 Å². The zero-order valence-corrected chi connectivity index (χ0v) is 9.33. The van der Waals surface area contributed by atoms with E-state index in [1.54, 1.807) is 4.90 Å². The second kappa shape index (κ2) is 3.87. The van der Waals surface area contributed by atoms with Gasteiger partial charge in [0.25, 0.3) is 0 Å². The fourth-order valence-electron chi connectivity index (χ4n) is 2.75. The molecule has 1 amide bonds. The van der Waals surface area contributed by atoms with Crippen LogP contribution in [0, 0.1) is 0 Å². The minimum atomic E-state index is -0.488. The van der Waals surface area contributed by atoms with Crippen LogP contribution < -0.4 is 0 Å². The molecule has 4 heteroatoms. The van der Waals surface area contributed by atoms with Crippen molar-refractivity contribution >= 4 is 12.1 Å². The number of hydrogen-bond acceptors (Lipinski definition) is 3. The summed E-state index contributed by atoms with van der Waals surface area (Å²) in [4.78, 5) is 24.7. The maximum Gasteiger partial charge on any atom is 0.418 e. The molecule has 1 aromatic rings. The number of fused-ring (bicyclic) bond motifs is 1. The van der Waals surface area contributed by atoms with Crippen molar-refractivity contribution in [2.24, 2.45) is 0 Å². The van der Waals surface area contributed by atoms with Crippen molar-refractivity contribution in [3.63, 3.8) is 0 Å². The first-order valence-electron chi connectivity index (χ1n) is 5.83. The van der Waals surface area contributed by atoms with Crippen LogP contribution in [0.4, 0.5) is 4.79 Å².